The SMILES string of the molecule is CC(NC(=O)/C(C#N)=C\NCCc1ccccc1Cl)C12CC3CC(CC(C3)C1)C2. The Bertz CT molecular complexity index is 805. The summed E-state index contributed by atoms with van der Waals surface area (Å²) in [6, 6.07) is 9.88. The monoisotopic (exact) mass is 411 g/mol. The molecule has 4 fully saturated rings. The molecule has 1 amide bonds. The van der Waals surface area contributed by atoms with Crippen molar-refractivity contribution in [2.24, 2.45) is 23.2 Å². The van der Waals surface area contributed by atoms with E-state index in [0.717, 1.165) is 34.8 Å². The number of hydrogen-bond acceptors (Lipinski definition) is 3. The number of nitriles is 1. The normalized spacial score (nSPS) is 31.2. The fourth-order valence-electron chi connectivity index (χ4n) is 6.37. The largest absolute Gasteiger partial charge is 0.389 e. The number of rotatable bonds is 7. The molecule has 4 saturated carbocycles. The molecule has 4 aliphatic carbocycles. The highest BCUT2D eigenvalue weighted by Gasteiger charge is 2.53. The molecule has 1 aromatic rings. The molecular weight excluding hydrogens is 382 g/mol. The van der Waals surface area contributed by atoms with Gasteiger partial charge in [0.1, 0.15) is 11.6 Å². The fourth-order valence-corrected chi connectivity index (χ4v) is 6.60. The van der Waals surface area contributed by atoms with E-state index in [1.807, 2.05) is 24.3 Å². The van der Waals surface area contributed by atoms with Crippen LogP contribution in [0.5, 0.6) is 0 Å². The summed E-state index contributed by atoms with van der Waals surface area (Å²) >= 11 is 6.17. The first-order valence-corrected chi connectivity index (χ1v) is 11.2. The summed E-state index contributed by atoms with van der Waals surface area (Å²) in [5.41, 5.74) is 1.43. The maximum atomic E-state index is 12.7. The molecule has 2 N–H and O–H groups in total. The van der Waals surface area contributed by atoms with Gasteiger partial charge in [-0.15, -0.1) is 0 Å². The van der Waals surface area contributed by atoms with Crippen LogP contribution >= 0.6 is 11.6 Å². The molecule has 5 heteroatoms. The highest BCUT2D eigenvalue weighted by atomic mass is 35.5. The molecule has 4 nitrogen and oxygen atoms in total. The lowest BCUT2D eigenvalue weighted by Crippen LogP contribution is -2.56. The van der Waals surface area contributed by atoms with Gasteiger partial charge in [0, 0.05) is 23.8 Å². The highest BCUT2D eigenvalue weighted by Crippen LogP contribution is 2.61. The molecule has 0 saturated heterocycles. The molecule has 154 valence electrons. The van der Waals surface area contributed by atoms with Crippen LogP contribution in [0.2, 0.25) is 5.02 Å². The first-order chi connectivity index (χ1) is 14.0. The number of nitrogens with zero attached hydrogens (tertiary/aromatic N) is 1. The summed E-state index contributed by atoms with van der Waals surface area (Å²) in [7, 11) is 0. The second-order valence-electron chi connectivity index (χ2n) is 9.44. The Morgan fingerprint density at radius 2 is 1.86 bits per heavy atom. The van der Waals surface area contributed by atoms with Gasteiger partial charge in [-0.2, -0.15) is 5.26 Å². The number of carbonyl (C=O) groups is 1. The maximum Gasteiger partial charge on any atom is 0.263 e. The number of nitrogens with one attached hydrogen (secondary N) is 2. The van der Waals surface area contributed by atoms with Crippen LogP contribution in [0, 0.1) is 34.5 Å². The molecule has 0 radical (unpaired) electrons. The molecule has 29 heavy (non-hydrogen) atoms. The van der Waals surface area contributed by atoms with Crippen LogP contribution in [0.3, 0.4) is 0 Å². The van der Waals surface area contributed by atoms with Crippen molar-refractivity contribution in [3.05, 3.63) is 46.6 Å². The van der Waals surface area contributed by atoms with Crippen LogP contribution in [0.25, 0.3) is 0 Å². The Morgan fingerprint density at radius 3 is 2.45 bits per heavy atom. The Hall–Kier alpha value is -1.99. The minimum Gasteiger partial charge on any atom is -0.389 e. The standard InChI is InChI=1S/C24H30ClN3O/c1-16(24-11-17-8-18(12-24)10-19(9-17)13-24)28-23(29)21(14-26)15-27-7-6-20-4-2-3-5-22(20)25/h2-5,15-19,27H,6-13H2,1H3,(H,28,29)/b21-15-. The lowest BCUT2D eigenvalue weighted by Gasteiger charge is -2.59. The molecule has 4 aliphatic rings. The fraction of sp³-hybridized carbons (Fsp3) is 0.583. The van der Waals surface area contributed by atoms with Gasteiger partial charge in [0.2, 0.25) is 0 Å². The van der Waals surface area contributed by atoms with Gasteiger partial charge in [0.25, 0.3) is 5.91 Å². The molecule has 0 aromatic heterocycles. The highest BCUT2D eigenvalue weighted by molar-refractivity contribution is 6.31. The van der Waals surface area contributed by atoms with E-state index in [0.29, 0.717) is 6.54 Å². The van der Waals surface area contributed by atoms with E-state index >= 15 is 0 Å². The van der Waals surface area contributed by atoms with Crippen molar-refractivity contribution in [2.75, 3.05) is 6.54 Å². The molecule has 0 aliphatic heterocycles. The third-order valence-corrected chi connectivity index (χ3v) is 7.83. The van der Waals surface area contributed by atoms with Gasteiger partial charge >= 0.3 is 0 Å². The lowest BCUT2D eigenvalue weighted by atomic mass is 9.48. The number of halogens is 1. The summed E-state index contributed by atoms with van der Waals surface area (Å²) in [6.45, 7) is 2.76. The number of carbonyl (C=O) groups excluding carboxylic acids is 1. The topological polar surface area (TPSA) is 64.9 Å². The Balaban J connectivity index is 1.32. The van der Waals surface area contributed by atoms with E-state index in [4.69, 9.17) is 11.6 Å². The second kappa shape index (κ2) is 8.40. The van der Waals surface area contributed by atoms with E-state index in [1.165, 1.54) is 38.5 Å². The second-order valence-corrected chi connectivity index (χ2v) is 9.85. The van der Waals surface area contributed by atoms with Gasteiger partial charge in [-0.3, -0.25) is 4.79 Å². The molecule has 4 bridgehead atoms. The minimum absolute atomic E-state index is 0.114. The van der Waals surface area contributed by atoms with Crippen molar-refractivity contribution >= 4 is 17.5 Å². The van der Waals surface area contributed by atoms with Gasteiger partial charge in [-0.25, -0.2) is 0 Å². The molecule has 1 atom stereocenters. The van der Waals surface area contributed by atoms with Crippen molar-refractivity contribution in [3.8, 4) is 6.07 Å². The predicted molar refractivity (Wildman–Crippen MR) is 115 cm³/mol. The molecule has 1 unspecified atom stereocenters. The maximum absolute atomic E-state index is 12.7. The first kappa shape index (κ1) is 20.3. The van der Waals surface area contributed by atoms with Crippen LogP contribution < -0.4 is 10.6 Å². The van der Waals surface area contributed by atoms with Gasteiger partial charge in [0.15, 0.2) is 0 Å². The number of amides is 1. The summed E-state index contributed by atoms with van der Waals surface area (Å²) in [5.74, 6) is 2.27. The van der Waals surface area contributed by atoms with E-state index in [1.54, 1.807) is 6.20 Å². The molecule has 1 aromatic carbocycles. The van der Waals surface area contributed by atoms with Crippen molar-refractivity contribution < 1.29 is 4.79 Å². The third kappa shape index (κ3) is 4.31. The van der Waals surface area contributed by atoms with E-state index in [2.05, 4.69) is 23.6 Å². The molecule has 5 rings (SSSR count). The zero-order valence-electron chi connectivity index (χ0n) is 17.1. The van der Waals surface area contributed by atoms with E-state index < -0.39 is 0 Å². The zero-order chi connectivity index (χ0) is 20.4. The van der Waals surface area contributed by atoms with Crippen LogP contribution in [0.1, 0.15) is 51.0 Å². The van der Waals surface area contributed by atoms with Crippen LogP contribution in [0.15, 0.2) is 36.0 Å². The average Bonchev–Trinajstić information content (AvgIpc) is 2.68. The summed E-state index contributed by atoms with van der Waals surface area (Å²) in [4.78, 5) is 12.7. The molecule has 0 heterocycles. The van der Waals surface area contributed by atoms with Gasteiger partial charge in [0.05, 0.1) is 0 Å². The zero-order valence-corrected chi connectivity index (χ0v) is 17.8. The number of hydrogen-bond donors (Lipinski definition) is 2. The smallest absolute Gasteiger partial charge is 0.263 e. The minimum atomic E-state index is -0.263. The van der Waals surface area contributed by atoms with Crippen LogP contribution in [-0.2, 0) is 11.2 Å². The van der Waals surface area contributed by atoms with Gasteiger partial charge in [-0.1, -0.05) is 29.8 Å². The summed E-state index contributed by atoms with van der Waals surface area (Å²) in [5, 5.41) is 16.5. The Labute approximate surface area is 178 Å². The quantitative estimate of drug-likeness (QED) is 0.391. The van der Waals surface area contributed by atoms with Gasteiger partial charge in [-0.05, 0) is 86.7 Å². The average molecular weight is 412 g/mol. The van der Waals surface area contributed by atoms with E-state index in [9.17, 15) is 10.1 Å². The van der Waals surface area contributed by atoms with Crippen LogP contribution in [0.4, 0.5) is 0 Å². The van der Waals surface area contributed by atoms with Crippen LogP contribution in [-0.4, -0.2) is 18.5 Å². The van der Waals surface area contributed by atoms with Gasteiger partial charge < -0.3 is 10.6 Å². The molecule has 0 spiro atoms. The Morgan fingerprint density at radius 1 is 1.24 bits per heavy atom. The van der Waals surface area contributed by atoms with Crippen molar-refractivity contribution in [1.82, 2.24) is 10.6 Å². The summed E-state index contributed by atoms with van der Waals surface area (Å²) < 4.78 is 0. The lowest BCUT2D eigenvalue weighted by molar-refractivity contribution is -0.122. The number of benzene rings is 1. The summed E-state index contributed by atoms with van der Waals surface area (Å²) in [6.07, 6.45) is 10.2. The third-order valence-electron chi connectivity index (χ3n) is 7.46. The van der Waals surface area contributed by atoms with Crippen molar-refractivity contribution in [2.45, 2.75) is 57.9 Å². The predicted octanol–water partition coefficient (Wildman–Crippen LogP) is 4.60. The Kier molecular flexibility index (Phi) is 5.88. The van der Waals surface area contributed by atoms with E-state index in [-0.39, 0.29) is 22.9 Å². The van der Waals surface area contributed by atoms with Crippen molar-refractivity contribution in [3.63, 3.8) is 0 Å². The molecular formula is C24H30ClN3O. The first-order valence-electron chi connectivity index (χ1n) is 10.9. The van der Waals surface area contributed by atoms with Crippen molar-refractivity contribution in [1.29, 1.82) is 5.26 Å².